The third-order valence-corrected chi connectivity index (χ3v) is 5.56. The number of hydrogen-bond donors (Lipinski definition) is 2. The molecule has 0 fully saturated rings. The van der Waals surface area contributed by atoms with Gasteiger partial charge in [0.2, 0.25) is 10.0 Å². The number of anilines is 1. The number of carbonyl (C=O) groups excluding carboxylic acids is 3. The molecule has 160 valence electrons. The van der Waals surface area contributed by atoms with E-state index in [-0.39, 0.29) is 10.7 Å². The molecule has 0 aliphatic rings. The Morgan fingerprint density at radius 2 is 1.67 bits per heavy atom. The number of hydrogen-bond acceptors (Lipinski definition) is 6. The van der Waals surface area contributed by atoms with E-state index in [4.69, 9.17) is 4.74 Å². The summed E-state index contributed by atoms with van der Waals surface area (Å²) in [5.74, 6) is -2.40. The second-order valence-corrected chi connectivity index (χ2v) is 8.22. The van der Waals surface area contributed by atoms with Gasteiger partial charge < -0.3 is 10.1 Å². The van der Waals surface area contributed by atoms with Gasteiger partial charge in [0.15, 0.2) is 11.9 Å². The lowest BCUT2D eigenvalue weighted by molar-refractivity contribution is -0.154. The molecule has 1 amide bonds. The van der Waals surface area contributed by atoms with E-state index in [0.717, 1.165) is 24.3 Å². The zero-order valence-electron chi connectivity index (χ0n) is 16.5. The summed E-state index contributed by atoms with van der Waals surface area (Å²) in [7, 11) is -4.09. The minimum atomic E-state index is -4.09. The van der Waals surface area contributed by atoms with Gasteiger partial charge in [0.1, 0.15) is 11.9 Å². The van der Waals surface area contributed by atoms with Crippen molar-refractivity contribution in [1.82, 2.24) is 4.72 Å². The van der Waals surface area contributed by atoms with Gasteiger partial charge in [-0.05, 0) is 57.2 Å². The van der Waals surface area contributed by atoms with Crippen LogP contribution < -0.4 is 10.0 Å². The van der Waals surface area contributed by atoms with Gasteiger partial charge in [0, 0.05) is 11.3 Å². The molecule has 0 bridgehead atoms. The van der Waals surface area contributed by atoms with Gasteiger partial charge in [-0.2, -0.15) is 4.72 Å². The first-order chi connectivity index (χ1) is 14.0. The van der Waals surface area contributed by atoms with Crippen LogP contribution in [0.15, 0.2) is 53.4 Å². The number of ketones is 1. The van der Waals surface area contributed by atoms with Crippen LogP contribution in [0.1, 0.15) is 31.1 Å². The van der Waals surface area contributed by atoms with Gasteiger partial charge in [-0.1, -0.05) is 12.1 Å². The Labute approximate surface area is 173 Å². The Morgan fingerprint density at radius 3 is 2.27 bits per heavy atom. The highest BCUT2D eigenvalue weighted by molar-refractivity contribution is 7.89. The highest BCUT2D eigenvalue weighted by Crippen LogP contribution is 2.13. The maximum Gasteiger partial charge on any atom is 0.324 e. The molecular formula is C20H21FN2O6S. The SMILES string of the molecule is CC(=O)c1cccc(NC(=O)[C@H](C)OC(=O)[C@@H](C)NS(=O)(=O)c2ccc(F)cc2)c1. The lowest BCUT2D eigenvalue weighted by Crippen LogP contribution is -2.42. The molecule has 0 spiro atoms. The molecule has 2 aromatic rings. The Balaban J connectivity index is 1.97. The minimum absolute atomic E-state index is 0.173. The minimum Gasteiger partial charge on any atom is -0.451 e. The first-order valence-corrected chi connectivity index (χ1v) is 10.4. The van der Waals surface area contributed by atoms with Crippen LogP contribution in [0.2, 0.25) is 0 Å². The molecule has 10 heteroatoms. The van der Waals surface area contributed by atoms with E-state index >= 15 is 0 Å². The van der Waals surface area contributed by atoms with Crippen molar-refractivity contribution < 1.29 is 31.9 Å². The van der Waals surface area contributed by atoms with E-state index in [9.17, 15) is 27.2 Å². The van der Waals surface area contributed by atoms with Gasteiger partial charge >= 0.3 is 5.97 Å². The number of sulfonamides is 1. The number of ether oxygens (including phenoxy) is 1. The van der Waals surface area contributed by atoms with E-state index in [2.05, 4.69) is 10.0 Å². The first-order valence-electron chi connectivity index (χ1n) is 8.90. The van der Waals surface area contributed by atoms with Crippen LogP contribution in [0.5, 0.6) is 0 Å². The van der Waals surface area contributed by atoms with Gasteiger partial charge in [-0.3, -0.25) is 14.4 Å². The van der Waals surface area contributed by atoms with Crippen molar-refractivity contribution in [3.8, 4) is 0 Å². The van der Waals surface area contributed by atoms with E-state index in [1.54, 1.807) is 18.2 Å². The lowest BCUT2D eigenvalue weighted by atomic mass is 10.1. The second kappa shape index (κ2) is 9.59. The number of Topliss-reactive ketones (excluding diaryl/α,β-unsaturated/α-hetero) is 1. The predicted molar refractivity (Wildman–Crippen MR) is 107 cm³/mol. The second-order valence-electron chi connectivity index (χ2n) is 6.50. The third-order valence-electron chi connectivity index (χ3n) is 4.01. The Hall–Kier alpha value is -3.11. The van der Waals surface area contributed by atoms with Crippen molar-refractivity contribution in [3.63, 3.8) is 0 Å². The maximum absolute atomic E-state index is 13.0. The molecule has 8 nitrogen and oxygen atoms in total. The van der Waals surface area contributed by atoms with E-state index < -0.39 is 39.9 Å². The zero-order valence-corrected chi connectivity index (χ0v) is 17.3. The van der Waals surface area contributed by atoms with Crippen LogP contribution in [0, 0.1) is 5.82 Å². The molecule has 0 unspecified atom stereocenters. The van der Waals surface area contributed by atoms with E-state index in [1.807, 2.05) is 0 Å². The molecule has 0 aliphatic carbocycles. The molecule has 2 N–H and O–H groups in total. The monoisotopic (exact) mass is 436 g/mol. The van der Waals surface area contributed by atoms with Crippen LogP contribution in [0.3, 0.4) is 0 Å². The maximum atomic E-state index is 13.0. The lowest BCUT2D eigenvalue weighted by Gasteiger charge is -2.18. The zero-order chi connectivity index (χ0) is 22.5. The number of amides is 1. The van der Waals surface area contributed by atoms with Crippen molar-refractivity contribution in [1.29, 1.82) is 0 Å². The summed E-state index contributed by atoms with van der Waals surface area (Å²) in [6, 6.07) is 9.01. The van der Waals surface area contributed by atoms with Gasteiger partial charge in [0.05, 0.1) is 4.90 Å². The molecule has 2 rings (SSSR count). The van der Waals surface area contributed by atoms with Crippen molar-refractivity contribution in [3.05, 3.63) is 59.9 Å². The molecular weight excluding hydrogens is 415 g/mol. The molecule has 0 aliphatic heterocycles. The normalized spacial score (nSPS) is 13.2. The van der Waals surface area contributed by atoms with Crippen molar-refractivity contribution in [2.75, 3.05) is 5.32 Å². The summed E-state index contributed by atoms with van der Waals surface area (Å²) in [5, 5.41) is 2.52. The largest absolute Gasteiger partial charge is 0.451 e. The highest BCUT2D eigenvalue weighted by Gasteiger charge is 2.26. The fourth-order valence-corrected chi connectivity index (χ4v) is 3.54. The molecule has 0 saturated carbocycles. The molecule has 0 saturated heterocycles. The number of rotatable bonds is 8. The number of benzene rings is 2. The summed E-state index contributed by atoms with van der Waals surface area (Å²) in [4.78, 5) is 35.6. The van der Waals surface area contributed by atoms with Crippen molar-refractivity contribution in [2.24, 2.45) is 0 Å². The molecule has 30 heavy (non-hydrogen) atoms. The molecule has 2 atom stereocenters. The van der Waals surface area contributed by atoms with Crippen molar-refractivity contribution in [2.45, 2.75) is 37.8 Å². The standard InChI is InChI=1S/C20H21FN2O6S/c1-12(23-30(27,28)18-9-7-16(21)8-10-18)20(26)29-14(3)19(25)22-17-6-4-5-15(11-17)13(2)24/h4-12,14,23H,1-3H3,(H,22,25)/t12-,14+/m1/s1. The summed E-state index contributed by atoms with van der Waals surface area (Å²) in [5.41, 5.74) is 0.752. The number of esters is 1. The first kappa shape index (κ1) is 23.2. The topological polar surface area (TPSA) is 119 Å². The van der Waals surface area contributed by atoms with Gasteiger partial charge in [-0.15, -0.1) is 0 Å². The van der Waals surface area contributed by atoms with Crippen LogP contribution in [0.4, 0.5) is 10.1 Å². The average Bonchev–Trinajstić information content (AvgIpc) is 2.68. The quantitative estimate of drug-likeness (QED) is 0.484. The van der Waals surface area contributed by atoms with Crippen LogP contribution in [0.25, 0.3) is 0 Å². The van der Waals surface area contributed by atoms with E-state index in [0.29, 0.717) is 11.3 Å². The molecule has 0 radical (unpaired) electrons. The van der Waals surface area contributed by atoms with Crippen LogP contribution in [-0.2, 0) is 24.3 Å². The summed E-state index contributed by atoms with van der Waals surface area (Å²) >= 11 is 0. The fourth-order valence-electron chi connectivity index (χ4n) is 2.35. The molecule has 2 aromatic carbocycles. The summed E-state index contributed by atoms with van der Waals surface area (Å²) in [6.45, 7) is 3.97. The average molecular weight is 436 g/mol. The Kier molecular flexibility index (Phi) is 7.41. The Bertz CT molecular complexity index is 1050. The smallest absolute Gasteiger partial charge is 0.324 e. The molecule has 0 aromatic heterocycles. The van der Waals surface area contributed by atoms with E-state index in [1.165, 1.54) is 26.8 Å². The number of nitrogens with one attached hydrogen (secondary N) is 2. The fraction of sp³-hybridized carbons (Fsp3) is 0.250. The number of halogens is 1. The molecule has 0 heterocycles. The Morgan fingerprint density at radius 1 is 1.03 bits per heavy atom. The van der Waals surface area contributed by atoms with Gasteiger partial charge in [-0.25, -0.2) is 12.8 Å². The predicted octanol–water partition coefficient (Wildman–Crippen LogP) is 2.27. The summed E-state index contributed by atoms with van der Waals surface area (Å²) in [6.07, 6.45) is -1.23. The third kappa shape index (κ3) is 6.19. The summed E-state index contributed by atoms with van der Waals surface area (Å²) < 4.78 is 44.6. The van der Waals surface area contributed by atoms with Gasteiger partial charge in [0.25, 0.3) is 5.91 Å². The van der Waals surface area contributed by atoms with Crippen LogP contribution in [-0.4, -0.2) is 38.2 Å². The van der Waals surface area contributed by atoms with Crippen molar-refractivity contribution >= 4 is 33.4 Å². The number of carbonyl (C=O) groups is 3. The highest BCUT2D eigenvalue weighted by atomic mass is 32.2. The van der Waals surface area contributed by atoms with Crippen LogP contribution >= 0.6 is 0 Å².